The molecule has 0 aromatic heterocycles. The van der Waals surface area contributed by atoms with E-state index in [1.54, 1.807) is 12.2 Å². The molecule has 0 bridgehead atoms. The van der Waals surface area contributed by atoms with E-state index in [2.05, 4.69) is 33.1 Å². The molecule has 1 aliphatic rings. The van der Waals surface area contributed by atoms with Gasteiger partial charge in [-0.25, -0.2) is 0 Å². The minimum absolute atomic E-state index is 0.148. The van der Waals surface area contributed by atoms with Crippen molar-refractivity contribution in [2.24, 2.45) is 0 Å². The summed E-state index contributed by atoms with van der Waals surface area (Å²) in [5.41, 5.74) is 4.02. The molecule has 0 radical (unpaired) electrons. The van der Waals surface area contributed by atoms with Crippen LogP contribution in [-0.2, 0) is 4.79 Å². The quantitative estimate of drug-likeness (QED) is 0.493. The summed E-state index contributed by atoms with van der Waals surface area (Å²) >= 11 is 0. The molecule has 1 rings (SSSR count). The van der Waals surface area contributed by atoms with Crippen LogP contribution >= 0.6 is 0 Å². The largest absolute Gasteiger partial charge is 0.344 e. The maximum Gasteiger partial charge on any atom is 0.183 e. The lowest BCUT2D eigenvalue weighted by molar-refractivity contribution is -0.115. The van der Waals surface area contributed by atoms with E-state index in [1.165, 1.54) is 0 Å². The first-order chi connectivity index (χ1) is 11.1. The predicted molar refractivity (Wildman–Crippen MR) is 99.8 cm³/mol. The van der Waals surface area contributed by atoms with Gasteiger partial charge in [-0.3, -0.25) is 4.79 Å². The molecular formula is C21H27NO. The fraction of sp³-hybridized carbons (Fsp3) is 0.286. The Morgan fingerprint density at radius 3 is 2.52 bits per heavy atom. The van der Waals surface area contributed by atoms with E-state index in [9.17, 15) is 4.79 Å². The van der Waals surface area contributed by atoms with Crippen LogP contribution in [-0.4, -0.2) is 17.2 Å². The highest BCUT2D eigenvalue weighted by molar-refractivity contribution is 6.03. The Morgan fingerprint density at radius 1 is 1.22 bits per heavy atom. The molecule has 1 aliphatic heterocycles. The second-order valence-corrected chi connectivity index (χ2v) is 5.37. The van der Waals surface area contributed by atoms with Gasteiger partial charge in [-0.1, -0.05) is 63.0 Å². The third kappa shape index (κ3) is 5.10. The van der Waals surface area contributed by atoms with Gasteiger partial charge in [-0.15, -0.1) is 0 Å². The molecule has 0 N–H and O–H groups in total. The normalized spacial score (nSPS) is 20.1. The Labute approximate surface area is 140 Å². The average Bonchev–Trinajstić information content (AvgIpc) is 2.67. The first-order valence-corrected chi connectivity index (χ1v) is 8.08. The Bertz CT molecular complexity index is 612. The summed E-state index contributed by atoms with van der Waals surface area (Å²) in [6, 6.07) is 0. The molecule has 23 heavy (non-hydrogen) atoms. The van der Waals surface area contributed by atoms with E-state index < -0.39 is 0 Å². The van der Waals surface area contributed by atoms with Crippen LogP contribution in [0.25, 0.3) is 0 Å². The molecule has 0 unspecified atom stereocenters. The Hall–Kier alpha value is -2.35. The second-order valence-electron chi connectivity index (χ2n) is 5.37. The van der Waals surface area contributed by atoms with Crippen LogP contribution < -0.4 is 0 Å². The van der Waals surface area contributed by atoms with Crippen molar-refractivity contribution in [1.29, 1.82) is 0 Å². The first kappa shape index (κ1) is 18.7. The summed E-state index contributed by atoms with van der Waals surface area (Å²) in [6.45, 7) is 14.0. The van der Waals surface area contributed by atoms with Crippen LogP contribution in [0.15, 0.2) is 84.3 Å². The highest BCUT2D eigenvalue weighted by Gasteiger charge is 2.23. The summed E-state index contributed by atoms with van der Waals surface area (Å²) in [5, 5.41) is 0. The van der Waals surface area contributed by atoms with Crippen molar-refractivity contribution in [3.63, 3.8) is 0 Å². The molecule has 0 saturated heterocycles. The SMILES string of the molecule is C=C/C=C\C=C\N1CC(=O)C(=C(/C)CC)/C(=C\C=C)C=C1CC. The van der Waals surface area contributed by atoms with Crippen molar-refractivity contribution in [2.45, 2.75) is 33.6 Å². The van der Waals surface area contributed by atoms with Crippen LogP contribution in [0.3, 0.4) is 0 Å². The molecule has 0 saturated carbocycles. The smallest absolute Gasteiger partial charge is 0.183 e. The van der Waals surface area contributed by atoms with Gasteiger partial charge in [0.15, 0.2) is 5.78 Å². The van der Waals surface area contributed by atoms with Crippen LogP contribution in [0.1, 0.15) is 33.6 Å². The number of hydrogen-bond acceptors (Lipinski definition) is 2. The van der Waals surface area contributed by atoms with Gasteiger partial charge in [0.25, 0.3) is 0 Å². The predicted octanol–water partition coefficient (Wildman–Crippen LogP) is 5.26. The van der Waals surface area contributed by atoms with Crippen LogP contribution in [0.4, 0.5) is 0 Å². The summed E-state index contributed by atoms with van der Waals surface area (Å²) in [6.07, 6.45) is 16.9. The van der Waals surface area contributed by atoms with Crippen molar-refractivity contribution in [3.05, 3.63) is 84.3 Å². The summed E-state index contributed by atoms with van der Waals surface area (Å²) in [7, 11) is 0. The number of ketones is 1. The second kappa shape index (κ2) is 9.62. The van der Waals surface area contributed by atoms with E-state index in [4.69, 9.17) is 0 Å². The number of rotatable bonds is 6. The van der Waals surface area contributed by atoms with Crippen LogP contribution in [0.2, 0.25) is 0 Å². The van der Waals surface area contributed by atoms with Gasteiger partial charge in [0.05, 0.1) is 6.54 Å². The number of hydrogen-bond donors (Lipinski definition) is 0. The molecule has 2 heteroatoms. The molecule has 1 heterocycles. The van der Waals surface area contributed by atoms with Gasteiger partial charge in [0, 0.05) is 17.5 Å². The maximum atomic E-state index is 12.8. The fourth-order valence-electron chi connectivity index (χ4n) is 2.50. The lowest BCUT2D eigenvalue weighted by Crippen LogP contribution is -2.23. The van der Waals surface area contributed by atoms with Crippen molar-refractivity contribution in [2.75, 3.05) is 6.54 Å². The lowest BCUT2D eigenvalue weighted by atomic mass is 9.95. The molecule has 0 spiro atoms. The zero-order valence-corrected chi connectivity index (χ0v) is 14.5. The number of nitrogens with zero attached hydrogens (tertiary/aromatic N) is 1. The number of Topliss-reactive ketones (excluding diaryl/α,β-unsaturated/α-hetero) is 1. The van der Waals surface area contributed by atoms with E-state index in [-0.39, 0.29) is 5.78 Å². The van der Waals surface area contributed by atoms with E-state index in [0.29, 0.717) is 6.54 Å². The maximum absolute atomic E-state index is 12.8. The third-order valence-corrected chi connectivity index (χ3v) is 3.81. The highest BCUT2D eigenvalue weighted by atomic mass is 16.1. The lowest BCUT2D eigenvalue weighted by Gasteiger charge is -2.20. The average molecular weight is 309 g/mol. The molecular weight excluding hydrogens is 282 g/mol. The van der Waals surface area contributed by atoms with Crippen molar-refractivity contribution in [3.8, 4) is 0 Å². The van der Waals surface area contributed by atoms with Crippen LogP contribution in [0, 0.1) is 0 Å². The monoisotopic (exact) mass is 309 g/mol. The minimum atomic E-state index is 0.148. The minimum Gasteiger partial charge on any atom is -0.344 e. The van der Waals surface area contributed by atoms with Gasteiger partial charge in [-0.05, 0) is 37.5 Å². The standard InChI is InChI=1S/C21H27NO/c1-6-10-11-12-14-22-16-20(23)21(17(5)8-3)18(13-7-2)15-19(22)9-4/h6-7,10-15H,1-2,8-9,16H2,3-5H3/b11-10-,14-12+,18-13-,21-17-. The third-order valence-electron chi connectivity index (χ3n) is 3.81. The van der Waals surface area contributed by atoms with Gasteiger partial charge < -0.3 is 4.90 Å². The fourth-order valence-corrected chi connectivity index (χ4v) is 2.50. The van der Waals surface area contributed by atoms with E-state index in [0.717, 1.165) is 35.3 Å². The van der Waals surface area contributed by atoms with Gasteiger partial charge in [-0.2, -0.15) is 0 Å². The Kier molecular flexibility index (Phi) is 7.82. The summed E-state index contributed by atoms with van der Waals surface area (Å²) in [5.74, 6) is 0.148. The Balaban J connectivity index is 3.35. The molecule has 0 aliphatic carbocycles. The molecule has 122 valence electrons. The first-order valence-electron chi connectivity index (χ1n) is 8.08. The van der Waals surface area contributed by atoms with Crippen molar-refractivity contribution in [1.82, 2.24) is 4.90 Å². The van der Waals surface area contributed by atoms with E-state index in [1.807, 2.05) is 42.3 Å². The van der Waals surface area contributed by atoms with Crippen molar-refractivity contribution < 1.29 is 4.79 Å². The zero-order valence-electron chi connectivity index (χ0n) is 14.5. The highest BCUT2D eigenvalue weighted by Crippen LogP contribution is 2.27. The number of allylic oxidation sites excluding steroid dienone is 10. The molecule has 0 aromatic rings. The van der Waals surface area contributed by atoms with Gasteiger partial charge >= 0.3 is 0 Å². The van der Waals surface area contributed by atoms with Gasteiger partial charge in [0.2, 0.25) is 0 Å². The number of carbonyl (C=O) groups is 1. The Morgan fingerprint density at radius 2 is 1.96 bits per heavy atom. The molecule has 0 amide bonds. The summed E-state index contributed by atoms with van der Waals surface area (Å²) in [4.78, 5) is 14.8. The van der Waals surface area contributed by atoms with E-state index >= 15 is 0 Å². The van der Waals surface area contributed by atoms with Crippen molar-refractivity contribution >= 4 is 5.78 Å². The zero-order chi connectivity index (χ0) is 17.2. The topological polar surface area (TPSA) is 20.3 Å². The van der Waals surface area contributed by atoms with Gasteiger partial charge in [0.1, 0.15) is 0 Å². The van der Waals surface area contributed by atoms with Crippen LogP contribution in [0.5, 0.6) is 0 Å². The molecule has 0 fully saturated rings. The molecule has 2 nitrogen and oxygen atoms in total. The molecule has 0 aromatic carbocycles. The molecule has 0 atom stereocenters. The number of carbonyl (C=O) groups excluding carboxylic acids is 1. The summed E-state index contributed by atoms with van der Waals surface area (Å²) < 4.78 is 0.